The highest BCUT2D eigenvalue weighted by Crippen LogP contribution is 2.29. The minimum atomic E-state index is -0.277. The van der Waals surface area contributed by atoms with Crippen LogP contribution < -0.4 is 0 Å². The Bertz CT molecular complexity index is 829. The van der Waals surface area contributed by atoms with Crippen molar-refractivity contribution in [3.8, 4) is 5.69 Å². The maximum Gasteiger partial charge on any atom is 0.164 e. The second kappa shape index (κ2) is 5.53. The topological polar surface area (TPSA) is 30.7 Å². The molecular weight excluding hydrogens is 404 g/mol. The summed E-state index contributed by atoms with van der Waals surface area (Å²) in [6, 6.07) is 6.61. The maximum atomic E-state index is 13.3. The first-order valence-electron chi connectivity index (χ1n) is 6.42. The van der Waals surface area contributed by atoms with Gasteiger partial charge in [-0.15, -0.1) is 11.6 Å². The lowest BCUT2D eigenvalue weighted by atomic mass is 10.3. The molecule has 1 unspecified atom stereocenters. The van der Waals surface area contributed by atoms with Crippen LogP contribution in [0.25, 0.3) is 16.9 Å². The fourth-order valence-corrected chi connectivity index (χ4v) is 3.11. The van der Waals surface area contributed by atoms with E-state index in [0.29, 0.717) is 5.82 Å². The molecule has 2 aromatic heterocycles. The Hall–Kier alpha value is -1.21. The lowest BCUT2D eigenvalue weighted by Crippen LogP contribution is -2.04. The molecule has 1 aromatic carbocycles. The highest BCUT2D eigenvalue weighted by Gasteiger charge is 2.19. The zero-order chi connectivity index (χ0) is 15.1. The summed E-state index contributed by atoms with van der Waals surface area (Å²) in [7, 11) is 0. The van der Waals surface area contributed by atoms with E-state index >= 15 is 0 Å². The Balaban J connectivity index is 2.36. The molecule has 3 rings (SSSR count). The molecule has 21 heavy (non-hydrogen) atoms. The van der Waals surface area contributed by atoms with E-state index in [1.54, 1.807) is 12.3 Å². The van der Waals surface area contributed by atoms with Crippen LogP contribution in [0, 0.1) is 16.3 Å². The minimum absolute atomic E-state index is 0.267. The van der Waals surface area contributed by atoms with Crippen molar-refractivity contribution >= 4 is 45.4 Å². The molecule has 0 aliphatic heterocycles. The minimum Gasteiger partial charge on any atom is -0.278 e. The molecule has 2 heterocycles. The molecule has 108 valence electrons. The van der Waals surface area contributed by atoms with Crippen LogP contribution in [-0.2, 0) is 0 Å². The molecule has 0 spiro atoms. The van der Waals surface area contributed by atoms with Gasteiger partial charge in [-0.25, -0.2) is 14.4 Å². The third kappa shape index (κ3) is 2.64. The Morgan fingerprint density at radius 2 is 2.10 bits per heavy atom. The summed E-state index contributed by atoms with van der Waals surface area (Å²) in [6.07, 6.45) is 1.79. The molecule has 0 aliphatic rings. The van der Waals surface area contributed by atoms with Gasteiger partial charge in [-0.2, -0.15) is 0 Å². The number of alkyl halides is 1. The molecule has 0 saturated carbocycles. The van der Waals surface area contributed by atoms with Crippen molar-refractivity contribution < 1.29 is 4.39 Å². The summed E-state index contributed by atoms with van der Waals surface area (Å²) in [5, 5.41) is -0.277. The van der Waals surface area contributed by atoms with Crippen LogP contribution >= 0.6 is 34.2 Å². The summed E-state index contributed by atoms with van der Waals surface area (Å²) in [5.74, 6) is 0.436. The van der Waals surface area contributed by atoms with E-state index in [-0.39, 0.29) is 11.2 Å². The van der Waals surface area contributed by atoms with E-state index < -0.39 is 0 Å². The average molecular weight is 416 g/mol. The Labute approximate surface area is 140 Å². The Morgan fingerprint density at radius 1 is 1.33 bits per heavy atom. The lowest BCUT2D eigenvalue weighted by Gasteiger charge is -2.12. The predicted molar refractivity (Wildman–Crippen MR) is 90.5 cm³/mol. The Morgan fingerprint density at radius 3 is 2.76 bits per heavy atom. The number of pyridine rings is 1. The summed E-state index contributed by atoms with van der Waals surface area (Å²) in [4.78, 5) is 9.05. The van der Waals surface area contributed by atoms with Gasteiger partial charge in [-0.1, -0.05) is 0 Å². The van der Waals surface area contributed by atoms with Gasteiger partial charge < -0.3 is 0 Å². The number of aryl methyl sites for hydroxylation is 1. The Kier molecular flexibility index (Phi) is 3.88. The molecule has 0 amide bonds. The number of benzene rings is 1. The lowest BCUT2D eigenvalue weighted by molar-refractivity contribution is 0.626. The van der Waals surface area contributed by atoms with Gasteiger partial charge >= 0.3 is 0 Å². The van der Waals surface area contributed by atoms with Crippen LogP contribution in [0.4, 0.5) is 4.39 Å². The van der Waals surface area contributed by atoms with Crippen molar-refractivity contribution in [1.29, 1.82) is 0 Å². The summed E-state index contributed by atoms with van der Waals surface area (Å²) in [6.45, 7) is 3.83. The van der Waals surface area contributed by atoms with Crippen LogP contribution in [0.5, 0.6) is 0 Å². The van der Waals surface area contributed by atoms with E-state index in [0.717, 1.165) is 26.0 Å². The quantitative estimate of drug-likeness (QED) is 0.446. The van der Waals surface area contributed by atoms with Crippen molar-refractivity contribution in [2.45, 2.75) is 19.2 Å². The molecule has 0 saturated heterocycles. The van der Waals surface area contributed by atoms with Crippen LogP contribution in [0.1, 0.15) is 23.7 Å². The zero-order valence-electron chi connectivity index (χ0n) is 11.4. The number of fused-ring (bicyclic) bond motifs is 1. The number of rotatable bonds is 2. The largest absolute Gasteiger partial charge is 0.278 e. The van der Waals surface area contributed by atoms with Gasteiger partial charge in [-0.05, 0) is 66.3 Å². The second-order valence-electron chi connectivity index (χ2n) is 4.87. The molecule has 1 atom stereocenters. The molecule has 3 nitrogen and oxygen atoms in total. The van der Waals surface area contributed by atoms with Crippen molar-refractivity contribution in [2.75, 3.05) is 0 Å². The fourth-order valence-electron chi connectivity index (χ4n) is 2.25. The molecule has 0 bridgehead atoms. The molecule has 0 N–H and O–H groups in total. The number of halogens is 3. The van der Waals surface area contributed by atoms with Crippen molar-refractivity contribution in [3.63, 3.8) is 0 Å². The monoisotopic (exact) mass is 415 g/mol. The smallest absolute Gasteiger partial charge is 0.164 e. The van der Waals surface area contributed by atoms with Gasteiger partial charge in [0.05, 0.1) is 11.1 Å². The average Bonchev–Trinajstić information content (AvgIpc) is 2.77. The van der Waals surface area contributed by atoms with E-state index in [4.69, 9.17) is 11.6 Å². The highest BCUT2D eigenvalue weighted by molar-refractivity contribution is 14.1. The van der Waals surface area contributed by atoms with E-state index in [2.05, 4.69) is 32.6 Å². The number of aromatic nitrogens is 3. The third-order valence-corrected chi connectivity index (χ3v) is 4.23. The van der Waals surface area contributed by atoms with E-state index in [1.165, 1.54) is 12.1 Å². The first-order chi connectivity index (χ1) is 9.97. The summed E-state index contributed by atoms with van der Waals surface area (Å²) < 4.78 is 16.0. The van der Waals surface area contributed by atoms with Gasteiger partial charge in [0.25, 0.3) is 0 Å². The van der Waals surface area contributed by atoms with Crippen molar-refractivity contribution in [2.24, 2.45) is 0 Å². The predicted octanol–water partition coefficient (Wildman–Crippen LogP) is 4.77. The standard InChI is InChI=1S/C15H12ClFIN3/c1-8-5-12-15(19-7-8)21(14(20-12)9(2)16)13-4-3-10(17)6-11(13)18/h3-7,9H,1-2H3. The molecular formula is C15H12ClFIN3. The normalized spacial score (nSPS) is 12.8. The zero-order valence-corrected chi connectivity index (χ0v) is 14.4. The summed E-state index contributed by atoms with van der Waals surface area (Å²) in [5.41, 5.74) is 3.39. The molecule has 0 radical (unpaired) electrons. The van der Waals surface area contributed by atoms with Gasteiger partial charge in [0.2, 0.25) is 0 Å². The van der Waals surface area contributed by atoms with Gasteiger partial charge in [0.15, 0.2) is 5.65 Å². The fraction of sp³-hybridized carbons (Fsp3) is 0.200. The number of nitrogens with zero attached hydrogens (tertiary/aromatic N) is 3. The first-order valence-corrected chi connectivity index (χ1v) is 7.93. The second-order valence-corrected chi connectivity index (χ2v) is 6.69. The molecule has 6 heteroatoms. The first kappa shape index (κ1) is 14.7. The van der Waals surface area contributed by atoms with E-state index in [1.807, 2.05) is 24.5 Å². The van der Waals surface area contributed by atoms with Crippen molar-refractivity contribution in [3.05, 3.63) is 51.2 Å². The SMILES string of the molecule is Cc1cnc2c(c1)nc(C(C)Cl)n2-c1ccc(F)cc1I. The molecule has 0 aliphatic carbocycles. The van der Waals surface area contributed by atoms with Crippen LogP contribution in [0.3, 0.4) is 0 Å². The number of hydrogen-bond donors (Lipinski definition) is 0. The number of hydrogen-bond acceptors (Lipinski definition) is 2. The molecule has 0 fully saturated rings. The van der Waals surface area contributed by atoms with E-state index in [9.17, 15) is 4.39 Å². The number of imidazole rings is 1. The van der Waals surface area contributed by atoms with Crippen LogP contribution in [0.15, 0.2) is 30.5 Å². The van der Waals surface area contributed by atoms with Gasteiger partial charge in [-0.3, -0.25) is 4.57 Å². The highest BCUT2D eigenvalue weighted by atomic mass is 127. The molecule has 3 aromatic rings. The summed E-state index contributed by atoms with van der Waals surface area (Å²) >= 11 is 8.37. The third-order valence-electron chi connectivity index (χ3n) is 3.17. The van der Waals surface area contributed by atoms with Crippen molar-refractivity contribution in [1.82, 2.24) is 14.5 Å². The maximum absolute atomic E-state index is 13.3. The van der Waals surface area contributed by atoms with Crippen LogP contribution in [0.2, 0.25) is 0 Å². The van der Waals surface area contributed by atoms with Gasteiger partial charge in [0.1, 0.15) is 17.2 Å². The van der Waals surface area contributed by atoms with Gasteiger partial charge in [0, 0.05) is 9.77 Å². The van der Waals surface area contributed by atoms with Crippen LogP contribution in [-0.4, -0.2) is 14.5 Å².